The van der Waals surface area contributed by atoms with Crippen LogP contribution in [0.4, 0.5) is 34.1 Å². The van der Waals surface area contributed by atoms with Gasteiger partial charge in [0.2, 0.25) is 0 Å². The van der Waals surface area contributed by atoms with E-state index in [1.807, 2.05) is 91.0 Å². The number of para-hydroxylation sites is 3. The summed E-state index contributed by atoms with van der Waals surface area (Å²) in [6.07, 6.45) is 0. The van der Waals surface area contributed by atoms with Gasteiger partial charge in [-0.1, -0.05) is 54.6 Å². The molecule has 0 bridgehead atoms. The summed E-state index contributed by atoms with van der Waals surface area (Å²) in [5.74, 6) is -0.283. The van der Waals surface area contributed by atoms with Crippen LogP contribution in [0.25, 0.3) is 0 Å². The molecule has 51 heavy (non-hydrogen) atoms. The van der Waals surface area contributed by atoms with Gasteiger partial charge in [0.25, 0.3) is 0 Å². The van der Waals surface area contributed by atoms with Gasteiger partial charge >= 0.3 is 21.4 Å². The van der Waals surface area contributed by atoms with Gasteiger partial charge in [-0.25, -0.2) is 0 Å². The third kappa shape index (κ3) is 8.25. The highest BCUT2D eigenvalue weighted by Gasteiger charge is 2.46. The van der Waals surface area contributed by atoms with E-state index in [0.29, 0.717) is 17.1 Å². The first kappa shape index (κ1) is 33.1. The summed E-state index contributed by atoms with van der Waals surface area (Å²) < 4.78 is 18.9. The van der Waals surface area contributed by atoms with Crippen molar-refractivity contribution in [3.05, 3.63) is 146 Å². The molecule has 1 saturated heterocycles. The maximum absolute atomic E-state index is 11.1. The molecule has 0 spiro atoms. The molecule has 0 radical (unpaired) electrons. The fourth-order valence-electron chi connectivity index (χ4n) is 5.33. The molecular formula is C36H33B3N6O6. The van der Waals surface area contributed by atoms with Crippen LogP contribution in [-0.4, -0.2) is 36.7 Å². The molecule has 1 heterocycles. The first-order chi connectivity index (χ1) is 25.0. The molecule has 252 valence electrons. The van der Waals surface area contributed by atoms with Crippen molar-refractivity contribution in [2.24, 2.45) is 0 Å². The minimum Gasteiger partial charge on any atom is -0.508 e. The molecule has 0 aliphatic carbocycles. The Morgan fingerprint density at radius 2 is 0.569 bits per heavy atom. The second-order valence-electron chi connectivity index (χ2n) is 11.6. The molecular weight excluding hydrogens is 645 g/mol. The zero-order valence-electron chi connectivity index (χ0n) is 27.2. The average molecular weight is 678 g/mol. The van der Waals surface area contributed by atoms with E-state index in [9.17, 15) is 15.3 Å². The first-order valence-corrected chi connectivity index (χ1v) is 16.1. The van der Waals surface area contributed by atoms with E-state index in [1.165, 1.54) is 18.2 Å². The van der Waals surface area contributed by atoms with Crippen molar-refractivity contribution in [2.45, 2.75) is 0 Å². The highest BCUT2D eigenvalue weighted by molar-refractivity contribution is 6.88. The van der Waals surface area contributed by atoms with E-state index in [-0.39, 0.29) is 33.6 Å². The van der Waals surface area contributed by atoms with Crippen LogP contribution in [0.15, 0.2) is 146 Å². The predicted octanol–water partition coefficient (Wildman–Crippen LogP) is 4.67. The fraction of sp³-hybridized carbons (Fsp3) is 0. The van der Waals surface area contributed by atoms with Crippen molar-refractivity contribution in [3.8, 4) is 17.2 Å². The highest BCUT2D eigenvalue weighted by Crippen LogP contribution is 2.23. The molecule has 6 aromatic rings. The summed E-state index contributed by atoms with van der Waals surface area (Å²) in [5.41, 5.74) is 24.0. The molecule has 0 saturated carbocycles. The third-order valence-corrected chi connectivity index (χ3v) is 7.96. The Labute approximate surface area is 295 Å². The van der Waals surface area contributed by atoms with Crippen LogP contribution < -0.4 is 48.9 Å². The normalized spacial score (nSPS) is 12.6. The van der Waals surface area contributed by atoms with E-state index in [0.717, 1.165) is 17.1 Å². The predicted molar refractivity (Wildman–Crippen MR) is 205 cm³/mol. The molecule has 0 aromatic heterocycles. The number of phenolic OH excluding ortho intramolecular Hbond substituents is 3. The van der Waals surface area contributed by atoms with Crippen molar-refractivity contribution in [1.82, 2.24) is 0 Å². The minimum absolute atomic E-state index is 0.0944. The third-order valence-electron chi connectivity index (χ3n) is 7.96. The number of phenols is 3. The van der Waals surface area contributed by atoms with Gasteiger partial charge in [0.15, 0.2) is 0 Å². The van der Waals surface area contributed by atoms with E-state index in [1.54, 1.807) is 36.4 Å². The lowest BCUT2D eigenvalue weighted by Crippen LogP contribution is -2.61. The number of hydrogen-bond donors (Lipinski definition) is 9. The van der Waals surface area contributed by atoms with Crippen molar-refractivity contribution in [2.75, 3.05) is 32.6 Å². The lowest BCUT2D eigenvalue weighted by molar-refractivity contribution is 0.306. The number of nitrogens with one attached hydrogen (secondary N) is 6. The van der Waals surface area contributed by atoms with Gasteiger partial charge in [-0.3, -0.25) is 0 Å². The zero-order valence-corrected chi connectivity index (χ0v) is 27.2. The number of hydrazine groups is 3. The number of anilines is 6. The molecule has 0 atom stereocenters. The van der Waals surface area contributed by atoms with Crippen LogP contribution in [0.5, 0.6) is 17.2 Å². The molecule has 0 unspecified atom stereocenters. The average Bonchev–Trinajstić information content (AvgIpc) is 3.18. The largest absolute Gasteiger partial charge is 0.508 e. The van der Waals surface area contributed by atoms with Crippen LogP contribution in [0.2, 0.25) is 0 Å². The Morgan fingerprint density at radius 1 is 0.314 bits per heavy atom. The second-order valence-corrected chi connectivity index (χ2v) is 11.6. The van der Waals surface area contributed by atoms with Crippen molar-refractivity contribution < 1.29 is 29.0 Å². The highest BCUT2D eigenvalue weighted by atomic mass is 16.7. The van der Waals surface area contributed by atoms with Crippen molar-refractivity contribution >= 4 is 71.9 Å². The van der Waals surface area contributed by atoms with Gasteiger partial charge in [0.05, 0.1) is 34.1 Å². The second kappa shape index (κ2) is 15.4. The summed E-state index contributed by atoms with van der Waals surface area (Å²) in [5, 5.41) is 33.2. The van der Waals surface area contributed by atoms with Crippen molar-refractivity contribution in [3.63, 3.8) is 0 Å². The molecule has 1 aliphatic heterocycles. The molecule has 7 rings (SSSR count). The standard InChI is InChI=1S/C36H33B3N6O6/c46-34-19-16-28(43-40-25-10-4-1-5-11-25)22-31(34)37-49-38(32-23-29(17-20-35(32)47)44-41-26-12-6-2-7-13-26)51-39(50-37)33-24-30(18-21-36(33)48)45-42-27-14-8-3-9-15-27/h1-24,40-48H. The van der Waals surface area contributed by atoms with E-state index >= 15 is 0 Å². The topological polar surface area (TPSA) is 161 Å². The molecule has 1 aliphatic rings. The maximum Gasteiger partial charge on any atom is 0.470 e. The maximum atomic E-state index is 11.1. The van der Waals surface area contributed by atoms with Gasteiger partial charge in [0.1, 0.15) is 17.2 Å². The van der Waals surface area contributed by atoms with Gasteiger partial charge in [-0.15, -0.1) is 0 Å². The Kier molecular flexibility index (Phi) is 10.0. The molecule has 6 aromatic carbocycles. The van der Waals surface area contributed by atoms with Crippen LogP contribution in [0.1, 0.15) is 0 Å². The molecule has 12 nitrogen and oxygen atoms in total. The Morgan fingerprint density at radius 3 is 0.843 bits per heavy atom. The van der Waals surface area contributed by atoms with Gasteiger partial charge in [-0.05, 0) is 91.0 Å². The lowest BCUT2D eigenvalue weighted by atomic mass is 9.61. The van der Waals surface area contributed by atoms with E-state index in [4.69, 9.17) is 13.7 Å². The summed E-state index contributed by atoms with van der Waals surface area (Å²) in [6.45, 7) is 0. The Bertz CT molecular complexity index is 1830. The fourth-order valence-corrected chi connectivity index (χ4v) is 5.33. The molecule has 15 heteroatoms. The van der Waals surface area contributed by atoms with Crippen LogP contribution in [0, 0.1) is 0 Å². The molecule has 1 fully saturated rings. The molecule has 9 N–H and O–H groups in total. The number of benzene rings is 6. The van der Waals surface area contributed by atoms with E-state index in [2.05, 4.69) is 32.6 Å². The summed E-state index contributed by atoms with van der Waals surface area (Å²) in [4.78, 5) is 0. The quantitative estimate of drug-likeness (QED) is 0.0501. The summed E-state index contributed by atoms with van der Waals surface area (Å²) in [6, 6.07) is 43.3. The SMILES string of the molecule is Oc1ccc(NNc2ccccc2)cc1B1OB(c2cc(NNc3ccccc3)ccc2O)OB(c2cc(NNc3ccccc3)ccc2O)O1. The summed E-state index contributed by atoms with van der Waals surface area (Å²) >= 11 is 0. The van der Waals surface area contributed by atoms with Gasteiger partial charge in [-0.2, -0.15) is 0 Å². The Hall–Kier alpha value is -6.41. The number of hydrogen-bond acceptors (Lipinski definition) is 12. The molecule has 0 amide bonds. The van der Waals surface area contributed by atoms with Crippen molar-refractivity contribution in [1.29, 1.82) is 0 Å². The van der Waals surface area contributed by atoms with Crippen LogP contribution in [0.3, 0.4) is 0 Å². The lowest BCUT2D eigenvalue weighted by Gasteiger charge is -2.32. The van der Waals surface area contributed by atoms with Gasteiger partial charge in [0, 0.05) is 16.4 Å². The zero-order chi connectivity index (χ0) is 35.0. The van der Waals surface area contributed by atoms with E-state index < -0.39 is 21.4 Å². The van der Waals surface area contributed by atoms with Crippen LogP contribution in [-0.2, 0) is 13.7 Å². The van der Waals surface area contributed by atoms with Gasteiger partial charge < -0.3 is 61.6 Å². The number of rotatable bonds is 12. The van der Waals surface area contributed by atoms with Crippen LogP contribution >= 0.6 is 0 Å². The Balaban J connectivity index is 1.19. The summed E-state index contributed by atoms with van der Waals surface area (Å²) in [7, 11) is -3.61. The number of aromatic hydroxyl groups is 3. The monoisotopic (exact) mass is 678 g/mol. The first-order valence-electron chi connectivity index (χ1n) is 16.1. The minimum atomic E-state index is -1.20. The smallest absolute Gasteiger partial charge is 0.470 e.